The molecule has 1 aromatic heterocycles. The smallest absolute Gasteiger partial charge is 0.207 e. The first kappa shape index (κ1) is 11.8. The van der Waals surface area contributed by atoms with E-state index < -0.39 is 0 Å². The molecule has 0 spiro atoms. The number of halogens is 1. The lowest BCUT2D eigenvalue weighted by atomic mass is 10.2. The molecule has 0 atom stereocenters. The van der Waals surface area contributed by atoms with Crippen LogP contribution in [0.1, 0.15) is 5.56 Å². The number of methoxy groups -OCH3 is 1. The second-order valence-electron chi connectivity index (χ2n) is 3.79. The number of hydrogen-bond acceptors (Lipinski definition) is 3. The van der Waals surface area contributed by atoms with Gasteiger partial charge < -0.3 is 14.6 Å². The number of benzene rings is 1. The van der Waals surface area contributed by atoms with E-state index in [1.54, 1.807) is 19.4 Å². The topological polar surface area (TPSA) is 39.1 Å². The van der Waals surface area contributed by atoms with E-state index in [1.165, 1.54) is 0 Å². The average Bonchev–Trinajstić information content (AvgIpc) is 2.69. The molecular formula is C12H14ClN3O. The van der Waals surface area contributed by atoms with Crippen LogP contribution in [0.4, 0.5) is 11.6 Å². The fraction of sp³-hybridized carbons (Fsp3) is 0.250. The minimum Gasteiger partial charge on any atom is -0.495 e. The molecule has 0 aliphatic rings. The molecule has 0 fully saturated rings. The van der Waals surface area contributed by atoms with Gasteiger partial charge in [0.05, 0.1) is 12.8 Å². The molecule has 0 saturated heterocycles. The number of nitrogens with one attached hydrogen (secondary N) is 1. The van der Waals surface area contributed by atoms with Gasteiger partial charge in [-0.05, 0) is 18.6 Å². The van der Waals surface area contributed by atoms with E-state index in [0.717, 1.165) is 17.2 Å². The zero-order valence-electron chi connectivity index (χ0n) is 9.99. The molecule has 5 heteroatoms. The highest BCUT2D eigenvalue weighted by molar-refractivity contribution is 6.31. The van der Waals surface area contributed by atoms with Gasteiger partial charge in [-0.25, -0.2) is 4.98 Å². The Hall–Kier alpha value is -1.68. The van der Waals surface area contributed by atoms with E-state index in [9.17, 15) is 0 Å². The van der Waals surface area contributed by atoms with E-state index in [1.807, 2.05) is 30.8 Å². The van der Waals surface area contributed by atoms with E-state index in [0.29, 0.717) is 10.8 Å². The first-order valence-electron chi connectivity index (χ1n) is 5.20. The zero-order chi connectivity index (χ0) is 12.4. The summed E-state index contributed by atoms with van der Waals surface area (Å²) >= 11 is 6.05. The number of aryl methyl sites for hydroxylation is 2. The lowest BCUT2D eigenvalue weighted by Crippen LogP contribution is -2.01. The SMILES string of the molecule is COc1cc(Cl)c(C)cc1Nc1nccn1C. The van der Waals surface area contributed by atoms with Crippen molar-refractivity contribution in [3.63, 3.8) is 0 Å². The van der Waals surface area contributed by atoms with Crippen LogP contribution in [0, 0.1) is 6.92 Å². The predicted octanol–water partition coefficient (Wildman–Crippen LogP) is 3.13. The first-order valence-corrected chi connectivity index (χ1v) is 5.58. The summed E-state index contributed by atoms with van der Waals surface area (Å²) in [5.74, 6) is 1.45. The molecule has 1 heterocycles. The molecule has 0 aliphatic carbocycles. The molecule has 2 rings (SSSR count). The van der Waals surface area contributed by atoms with E-state index >= 15 is 0 Å². The number of rotatable bonds is 3. The fourth-order valence-electron chi connectivity index (χ4n) is 1.54. The summed E-state index contributed by atoms with van der Waals surface area (Å²) in [4.78, 5) is 4.20. The third-order valence-electron chi connectivity index (χ3n) is 2.55. The highest BCUT2D eigenvalue weighted by Gasteiger charge is 2.08. The molecule has 2 aromatic rings. The van der Waals surface area contributed by atoms with Crippen LogP contribution >= 0.6 is 11.6 Å². The number of hydrogen-bond donors (Lipinski definition) is 1. The molecule has 0 saturated carbocycles. The third-order valence-corrected chi connectivity index (χ3v) is 2.96. The minimum atomic E-state index is 0.687. The number of nitrogens with zero attached hydrogens (tertiary/aromatic N) is 2. The van der Waals surface area contributed by atoms with E-state index in [4.69, 9.17) is 16.3 Å². The Labute approximate surface area is 105 Å². The van der Waals surface area contributed by atoms with Crippen molar-refractivity contribution in [2.45, 2.75) is 6.92 Å². The van der Waals surface area contributed by atoms with Crippen molar-refractivity contribution < 1.29 is 4.74 Å². The van der Waals surface area contributed by atoms with Gasteiger partial charge in [0.2, 0.25) is 5.95 Å². The molecule has 0 amide bonds. The van der Waals surface area contributed by atoms with Crippen LogP contribution in [0.15, 0.2) is 24.5 Å². The molecule has 0 bridgehead atoms. The quantitative estimate of drug-likeness (QED) is 0.911. The van der Waals surface area contributed by atoms with Crippen LogP contribution in [-0.2, 0) is 7.05 Å². The molecule has 0 unspecified atom stereocenters. The lowest BCUT2D eigenvalue weighted by molar-refractivity contribution is 0.416. The maximum absolute atomic E-state index is 6.05. The average molecular weight is 252 g/mol. The Kier molecular flexibility index (Phi) is 3.24. The highest BCUT2D eigenvalue weighted by atomic mass is 35.5. The Bertz CT molecular complexity index is 537. The minimum absolute atomic E-state index is 0.687. The fourth-order valence-corrected chi connectivity index (χ4v) is 1.69. The molecule has 1 N–H and O–H groups in total. The van der Waals surface area contributed by atoms with Crippen molar-refractivity contribution in [3.05, 3.63) is 35.1 Å². The van der Waals surface area contributed by atoms with Crippen molar-refractivity contribution in [2.24, 2.45) is 7.05 Å². The summed E-state index contributed by atoms with van der Waals surface area (Å²) in [6.45, 7) is 1.95. The second-order valence-corrected chi connectivity index (χ2v) is 4.20. The van der Waals surface area contributed by atoms with Crippen LogP contribution in [0.5, 0.6) is 5.75 Å². The van der Waals surface area contributed by atoms with Gasteiger partial charge in [0.1, 0.15) is 5.75 Å². The van der Waals surface area contributed by atoms with Crippen molar-refractivity contribution in [1.29, 1.82) is 0 Å². The largest absolute Gasteiger partial charge is 0.495 e. The summed E-state index contributed by atoms with van der Waals surface area (Å²) < 4.78 is 7.18. The number of aromatic nitrogens is 2. The van der Waals surface area contributed by atoms with Crippen LogP contribution < -0.4 is 10.1 Å². The third kappa shape index (κ3) is 2.36. The van der Waals surface area contributed by atoms with Gasteiger partial charge in [-0.2, -0.15) is 0 Å². The standard InChI is InChI=1S/C12H14ClN3O/c1-8-6-10(11(17-3)7-9(8)13)15-12-14-4-5-16(12)2/h4-7H,1-3H3,(H,14,15). The highest BCUT2D eigenvalue weighted by Crippen LogP contribution is 2.32. The van der Waals surface area contributed by atoms with Crippen LogP contribution in [0.25, 0.3) is 0 Å². The van der Waals surface area contributed by atoms with Crippen molar-refractivity contribution in [3.8, 4) is 5.75 Å². The lowest BCUT2D eigenvalue weighted by Gasteiger charge is -2.12. The number of imidazole rings is 1. The number of ether oxygens (including phenoxy) is 1. The first-order chi connectivity index (χ1) is 8.11. The van der Waals surface area contributed by atoms with Crippen LogP contribution in [0.2, 0.25) is 5.02 Å². The van der Waals surface area contributed by atoms with Gasteiger partial charge >= 0.3 is 0 Å². The van der Waals surface area contributed by atoms with Crippen LogP contribution in [-0.4, -0.2) is 16.7 Å². The van der Waals surface area contributed by atoms with Crippen molar-refractivity contribution in [1.82, 2.24) is 9.55 Å². The summed E-state index contributed by atoms with van der Waals surface area (Å²) in [6.07, 6.45) is 3.61. The van der Waals surface area contributed by atoms with Gasteiger partial charge in [-0.3, -0.25) is 0 Å². The molecule has 1 aromatic carbocycles. The molecule has 90 valence electrons. The Morgan fingerprint density at radius 3 is 2.76 bits per heavy atom. The Morgan fingerprint density at radius 2 is 2.18 bits per heavy atom. The van der Waals surface area contributed by atoms with Gasteiger partial charge in [0.25, 0.3) is 0 Å². The van der Waals surface area contributed by atoms with E-state index in [2.05, 4.69) is 10.3 Å². The molecular weight excluding hydrogens is 238 g/mol. The predicted molar refractivity (Wildman–Crippen MR) is 69.2 cm³/mol. The van der Waals surface area contributed by atoms with Gasteiger partial charge in [-0.15, -0.1) is 0 Å². The molecule has 0 aliphatic heterocycles. The zero-order valence-corrected chi connectivity index (χ0v) is 10.7. The summed E-state index contributed by atoms with van der Waals surface area (Å²) in [5.41, 5.74) is 1.84. The summed E-state index contributed by atoms with van der Waals surface area (Å²) in [5, 5.41) is 3.90. The summed E-state index contributed by atoms with van der Waals surface area (Å²) in [7, 11) is 3.54. The molecule has 0 radical (unpaired) electrons. The molecule has 4 nitrogen and oxygen atoms in total. The van der Waals surface area contributed by atoms with E-state index in [-0.39, 0.29) is 0 Å². The van der Waals surface area contributed by atoms with Crippen molar-refractivity contribution in [2.75, 3.05) is 12.4 Å². The molecule has 17 heavy (non-hydrogen) atoms. The van der Waals surface area contributed by atoms with Gasteiger partial charge in [0, 0.05) is 30.5 Å². The Morgan fingerprint density at radius 1 is 1.41 bits per heavy atom. The maximum Gasteiger partial charge on any atom is 0.207 e. The number of anilines is 2. The van der Waals surface area contributed by atoms with Gasteiger partial charge in [0.15, 0.2) is 0 Å². The second kappa shape index (κ2) is 4.67. The normalized spacial score (nSPS) is 10.4. The van der Waals surface area contributed by atoms with Gasteiger partial charge in [-0.1, -0.05) is 11.6 Å². The monoisotopic (exact) mass is 251 g/mol. The Balaban J connectivity index is 2.38. The summed E-state index contributed by atoms with van der Waals surface area (Å²) in [6, 6.07) is 3.73. The maximum atomic E-state index is 6.05. The van der Waals surface area contributed by atoms with Crippen LogP contribution in [0.3, 0.4) is 0 Å². The van der Waals surface area contributed by atoms with Crippen molar-refractivity contribution >= 4 is 23.2 Å².